The van der Waals surface area contributed by atoms with Gasteiger partial charge in [-0.15, -0.1) is 0 Å². The highest BCUT2D eigenvalue weighted by Crippen LogP contribution is 2.29. The number of ether oxygens (including phenoxy) is 1. The normalized spacial score (nSPS) is 19.7. The highest BCUT2D eigenvalue weighted by atomic mass is 79.9. The molecule has 4 heteroatoms. The number of rotatable bonds is 4. The Morgan fingerprint density at radius 1 is 1.38 bits per heavy atom. The lowest BCUT2D eigenvalue weighted by molar-refractivity contribution is -0.0428. The van der Waals surface area contributed by atoms with Gasteiger partial charge in [-0.05, 0) is 51.0 Å². The van der Waals surface area contributed by atoms with Gasteiger partial charge in [-0.25, -0.2) is 0 Å². The lowest BCUT2D eigenvalue weighted by atomic mass is 10.0. The minimum absolute atomic E-state index is 0.0349. The summed E-state index contributed by atoms with van der Waals surface area (Å²) < 4.78 is 6.20. The molecular formula is C17H22BrNO2. The predicted molar refractivity (Wildman–Crippen MR) is 90.4 cm³/mol. The van der Waals surface area contributed by atoms with Gasteiger partial charge < -0.3 is 9.84 Å². The Bertz CT molecular complexity index is 578. The molecule has 0 aliphatic heterocycles. The molecule has 2 rings (SSSR count). The summed E-state index contributed by atoms with van der Waals surface area (Å²) in [5.74, 6) is 0. The zero-order valence-corrected chi connectivity index (χ0v) is 14.5. The topological polar surface area (TPSA) is 42.4 Å². The molecule has 1 aliphatic carbocycles. The Morgan fingerprint density at radius 2 is 2.10 bits per heavy atom. The van der Waals surface area contributed by atoms with Gasteiger partial charge in [-0.1, -0.05) is 34.1 Å². The van der Waals surface area contributed by atoms with E-state index in [2.05, 4.69) is 39.1 Å². The Kier molecular flexibility index (Phi) is 5.02. The van der Waals surface area contributed by atoms with Gasteiger partial charge >= 0.3 is 0 Å². The van der Waals surface area contributed by atoms with Crippen LogP contribution in [0.1, 0.15) is 37.7 Å². The van der Waals surface area contributed by atoms with Gasteiger partial charge in [0.05, 0.1) is 28.8 Å². The summed E-state index contributed by atoms with van der Waals surface area (Å²) in [5, 5.41) is 9.32. The largest absolute Gasteiger partial charge is 0.395 e. The first-order valence-electron chi connectivity index (χ1n) is 7.10. The van der Waals surface area contributed by atoms with Gasteiger partial charge in [-0.3, -0.25) is 4.98 Å². The first-order valence-corrected chi connectivity index (χ1v) is 8.02. The molecule has 1 heterocycles. The van der Waals surface area contributed by atoms with Crippen molar-refractivity contribution in [3.8, 4) is 0 Å². The van der Waals surface area contributed by atoms with E-state index in [1.54, 1.807) is 0 Å². The summed E-state index contributed by atoms with van der Waals surface area (Å²) in [4.78, 5) is 4.46. The van der Waals surface area contributed by atoms with Crippen LogP contribution in [0.2, 0.25) is 0 Å². The van der Waals surface area contributed by atoms with Crippen molar-refractivity contribution < 1.29 is 9.84 Å². The highest BCUT2D eigenvalue weighted by molar-refractivity contribution is 9.09. The van der Waals surface area contributed by atoms with E-state index in [1.165, 1.54) is 0 Å². The van der Waals surface area contributed by atoms with Crippen molar-refractivity contribution in [3.63, 3.8) is 0 Å². The fourth-order valence-electron chi connectivity index (χ4n) is 2.24. The average Bonchev–Trinajstić information content (AvgIpc) is 2.57. The van der Waals surface area contributed by atoms with Crippen LogP contribution < -0.4 is 0 Å². The number of hydrogen-bond acceptors (Lipinski definition) is 3. The first-order chi connectivity index (χ1) is 9.83. The zero-order valence-electron chi connectivity index (χ0n) is 12.9. The molecule has 0 fully saturated rings. The molecule has 3 nitrogen and oxygen atoms in total. The fourth-order valence-corrected chi connectivity index (χ4v) is 2.35. The number of nitrogens with zero attached hydrogens (tertiary/aromatic N) is 1. The smallest absolute Gasteiger partial charge is 0.0978 e. The molecule has 1 N–H and O–H groups in total. The van der Waals surface area contributed by atoms with Gasteiger partial charge in [0.1, 0.15) is 0 Å². The van der Waals surface area contributed by atoms with E-state index >= 15 is 0 Å². The second kappa shape index (κ2) is 6.42. The number of halogens is 1. The van der Waals surface area contributed by atoms with Crippen molar-refractivity contribution in [2.75, 3.05) is 6.61 Å². The van der Waals surface area contributed by atoms with Gasteiger partial charge in [0, 0.05) is 5.69 Å². The number of aliphatic hydroxyl groups is 1. The van der Waals surface area contributed by atoms with Crippen molar-refractivity contribution in [3.05, 3.63) is 40.7 Å². The molecule has 0 radical (unpaired) electrons. The summed E-state index contributed by atoms with van der Waals surface area (Å²) in [5.41, 5.74) is 3.71. The van der Waals surface area contributed by atoms with Gasteiger partial charge in [0.25, 0.3) is 0 Å². The number of aryl methyl sites for hydroxylation is 1. The van der Waals surface area contributed by atoms with Crippen LogP contribution in [0.3, 0.4) is 0 Å². The monoisotopic (exact) mass is 351 g/mol. The van der Waals surface area contributed by atoms with E-state index in [0.29, 0.717) is 0 Å². The molecule has 0 spiro atoms. The number of aromatic nitrogens is 1. The number of hydrogen-bond donors (Lipinski definition) is 1. The minimum atomic E-state index is -0.473. The molecular weight excluding hydrogens is 330 g/mol. The third-order valence-electron chi connectivity index (χ3n) is 3.71. The molecule has 1 aromatic rings. The minimum Gasteiger partial charge on any atom is -0.395 e. The number of alkyl halides is 1. The SMILES string of the molecule is CC1=Cc2nc(C)ccc2C=CC1OC(C)(C)C(Br)CO. The molecule has 1 aromatic heterocycles. The summed E-state index contributed by atoms with van der Waals surface area (Å²) in [7, 11) is 0. The van der Waals surface area contributed by atoms with Crippen LogP contribution in [0.15, 0.2) is 23.8 Å². The van der Waals surface area contributed by atoms with Crippen LogP contribution in [-0.2, 0) is 4.74 Å². The van der Waals surface area contributed by atoms with E-state index in [1.807, 2.05) is 39.8 Å². The van der Waals surface area contributed by atoms with Crippen LogP contribution >= 0.6 is 15.9 Å². The van der Waals surface area contributed by atoms with Crippen LogP contribution in [0.4, 0.5) is 0 Å². The maximum Gasteiger partial charge on any atom is 0.0978 e. The van der Waals surface area contributed by atoms with E-state index in [0.717, 1.165) is 22.5 Å². The van der Waals surface area contributed by atoms with Crippen LogP contribution in [0.25, 0.3) is 12.2 Å². The van der Waals surface area contributed by atoms with E-state index < -0.39 is 5.60 Å². The predicted octanol–water partition coefficient (Wildman–Crippen LogP) is 3.74. The molecule has 114 valence electrons. The van der Waals surface area contributed by atoms with E-state index in [-0.39, 0.29) is 17.5 Å². The van der Waals surface area contributed by atoms with Crippen molar-refractivity contribution in [1.82, 2.24) is 4.98 Å². The quantitative estimate of drug-likeness (QED) is 0.840. The second-order valence-corrected chi connectivity index (χ2v) is 7.07. The lowest BCUT2D eigenvalue weighted by Gasteiger charge is -2.33. The number of aliphatic hydroxyl groups excluding tert-OH is 1. The van der Waals surface area contributed by atoms with Crippen molar-refractivity contribution in [1.29, 1.82) is 0 Å². The fraction of sp³-hybridized carbons (Fsp3) is 0.471. The van der Waals surface area contributed by atoms with Gasteiger partial charge in [-0.2, -0.15) is 0 Å². The average molecular weight is 352 g/mol. The summed E-state index contributed by atoms with van der Waals surface area (Å²) in [6.07, 6.45) is 6.05. The maximum atomic E-state index is 9.32. The summed E-state index contributed by atoms with van der Waals surface area (Å²) in [6, 6.07) is 4.09. The van der Waals surface area contributed by atoms with E-state index in [4.69, 9.17) is 4.74 Å². The van der Waals surface area contributed by atoms with E-state index in [9.17, 15) is 5.11 Å². The Balaban J connectivity index is 2.27. The van der Waals surface area contributed by atoms with Crippen molar-refractivity contribution in [2.24, 2.45) is 0 Å². The molecule has 21 heavy (non-hydrogen) atoms. The van der Waals surface area contributed by atoms with Crippen LogP contribution in [0, 0.1) is 6.92 Å². The molecule has 0 aromatic carbocycles. The summed E-state index contributed by atoms with van der Waals surface area (Å²) >= 11 is 3.47. The van der Waals surface area contributed by atoms with Gasteiger partial charge in [0.2, 0.25) is 0 Å². The lowest BCUT2D eigenvalue weighted by Crippen LogP contribution is -2.40. The first kappa shape index (κ1) is 16.4. The third kappa shape index (κ3) is 3.82. The molecule has 0 amide bonds. The molecule has 1 aliphatic rings. The van der Waals surface area contributed by atoms with Crippen LogP contribution in [-0.4, -0.2) is 33.2 Å². The standard InChI is InChI=1S/C17H22BrNO2/c1-11-9-14-13(6-5-12(2)19-14)7-8-15(11)21-17(3,4)16(18)10-20/h5-9,15-16,20H,10H2,1-4H3. The molecule has 0 saturated carbocycles. The van der Waals surface area contributed by atoms with Gasteiger partial charge in [0.15, 0.2) is 0 Å². The third-order valence-corrected chi connectivity index (χ3v) is 5.10. The van der Waals surface area contributed by atoms with Crippen molar-refractivity contribution >= 4 is 28.1 Å². The molecule has 0 saturated heterocycles. The zero-order chi connectivity index (χ0) is 15.6. The molecule has 2 atom stereocenters. The van der Waals surface area contributed by atoms with Crippen LogP contribution in [0.5, 0.6) is 0 Å². The maximum absolute atomic E-state index is 9.32. The van der Waals surface area contributed by atoms with Crippen molar-refractivity contribution in [2.45, 2.75) is 44.2 Å². The Morgan fingerprint density at radius 3 is 2.76 bits per heavy atom. The molecule has 2 unspecified atom stereocenters. The Hall–Kier alpha value is -0.970. The second-order valence-electron chi connectivity index (χ2n) is 5.97. The molecule has 0 bridgehead atoms. The highest BCUT2D eigenvalue weighted by Gasteiger charge is 2.31. The number of fused-ring (bicyclic) bond motifs is 1. The Labute approximate surface area is 134 Å². The summed E-state index contributed by atoms with van der Waals surface area (Å²) in [6.45, 7) is 8.03. The number of pyridine rings is 1.